The van der Waals surface area contributed by atoms with Crippen molar-refractivity contribution in [3.63, 3.8) is 0 Å². The Morgan fingerprint density at radius 1 is 1.42 bits per heavy atom. The lowest BCUT2D eigenvalue weighted by molar-refractivity contribution is -0.117. The predicted molar refractivity (Wildman–Crippen MR) is 74.8 cm³/mol. The van der Waals surface area contributed by atoms with E-state index in [0.29, 0.717) is 5.82 Å². The maximum atomic E-state index is 12.3. The second-order valence-corrected chi connectivity index (χ2v) is 4.48. The maximum absolute atomic E-state index is 12.3. The van der Waals surface area contributed by atoms with E-state index in [4.69, 9.17) is 5.73 Å². The molecule has 1 heterocycles. The van der Waals surface area contributed by atoms with Gasteiger partial charge in [-0.15, -0.1) is 0 Å². The van der Waals surface area contributed by atoms with Crippen LogP contribution in [-0.2, 0) is 11.8 Å². The van der Waals surface area contributed by atoms with Gasteiger partial charge in [-0.3, -0.25) is 9.48 Å². The number of carbonyl (C=O) groups is 1. The number of benzene rings is 1. The first kappa shape index (κ1) is 13.3. The van der Waals surface area contributed by atoms with E-state index in [1.807, 2.05) is 43.3 Å². The summed E-state index contributed by atoms with van der Waals surface area (Å²) in [5.41, 5.74) is 7.50. The van der Waals surface area contributed by atoms with Crippen LogP contribution in [-0.4, -0.2) is 22.2 Å². The topological polar surface area (TPSA) is 72.9 Å². The Morgan fingerprint density at radius 3 is 2.63 bits per heavy atom. The number of amides is 1. The van der Waals surface area contributed by atoms with Gasteiger partial charge in [-0.2, -0.15) is 5.10 Å². The van der Waals surface area contributed by atoms with Crippen molar-refractivity contribution in [3.8, 4) is 0 Å². The number of rotatable bonds is 4. The number of nitrogens with two attached hydrogens (primary N) is 1. The summed E-state index contributed by atoms with van der Waals surface area (Å²) in [6, 6.07) is 11.4. The van der Waals surface area contributed by atoms with Crippen LogP contribution < -0.4 is 11.1 Å². The zero-order valence-electron chi connectivity index (χ0n) is 11.1. The molecule has 19 heavy (non-hydrogen) atoms. The third kappa shape index (κ3) is 3.00. The van der Waals surface area contributed by atoms with Crippen LogP contribution in [0.3, 0.4) is 0 Å². The van der Waals surface area contributed by atoms with Crippen LogP contribution in [0.15, 0.2) is 36.4 Å². The zero-order chi connectivity index (χ0) is 13.8. The van der Waals surface area contributed by atoms with Crippen LogP contribution in [0.1, 0.15) is 17.2 Å². The number of carbonyl (C=O) groups excluding carboxylic acids is 1. The first-order valence-corrected chi connectivity index (χ1v) is 6.18. The van der Waals surface area contributed by atoms with Gasteiger partial charge < -0.3 is 11.1 Å². The van der Waals surface area contributed by atoms with Crippen molar-refractivity contribution in [2.75, 3.05) is 11.9 Å². The van der Waals surface area contributed by atoms with E-state index in [1.54, 1.807) is 11.7 Å². The second-order valence-electron chi connectivity index (χ2n) is 4.48. The molecular weight excluding hydrogens is 240 g/mol. The highest BCUT2D eigenvalue weighted by Crippen LogP contribution is 2.17. The summed E-state index contributed by atoms with van der Waals surface area (Å²) in [4.78, 5) is 12.3. The van der Waals surface area contributed by atoms with Crippen LogP contribution in [0, 0.1) is 6.92 Å². The van der Waals surface area contributed by atoms with Gasteiger partial charge in [-0.25, -0.2) is 0 Å². The predicted octanol–water partition coefficient (Wildman–Crippen LogP) is 1.41. The molecule has 0 spiro atoms. The fourth-order valence-electron chi connectivity index (χ4n) is 2.02. The summed E-state index contributed by atoms with van der Waals surface area (Å²) in [5.74, 6) is 0.213. The summed E-state index contributed by atoms with van der Waals surface area (Å²) in [6.07, 6.45) is 0. The number of nitrogens with zero attached hydrogens (tertiary/aromatic N) is 2. The fraction of sp³-hybridized carbons (Fsp3) is 0.286. The SMILES string of the molecule is Cc1cc(NC(=O)C(CN)c2ccccc2)n(C)n1. The third-order valence-corrected chi connectivity index (χ3v) is 3.01. The summed E-state index contributed by atoms with van der Waals surface area (Å²) >= 11 is 0. The summed E-state index contributed by atoms with van der Waals surface area (Å²) in [7, 11) is 1.79. The summed E-state index contributed by atoms with van der Waals surface area (Å²) < 4.78 is 1.64. The highest BCUT2D eigenvalue weighted by molar-refractivity contribution is 5.95. The molecule has 2 aromatic rings. The standard InChI is InChI=1S/C14H18N4O/c1-10-8-13(18(2)17-10)16-14(19)12(9-15)11-6-4-3-5-7-11/h3-8,12H,9,15H2,1-2H3,(H,16,19). The van der Waals surface area contributed by atoms with Gasteiger partial charge in [0, 0.05) is 19.7 Å². The Labute approximate surface area is 112 Å². The molecular formula is C14H18N4O. The quantitative estimate of drug-likeness (QED) is 0.871. The molecule has 5 nitrogen and oxygen atoms in total. The van der Waals surface area contributed by atoms with Gasteiger partial charge >= 0.3 is 0 Å². The van der Waals surface area contributed by atoms with Crippen molar-refractivity contribution in [1.82, 2.24) is 9.78 Å². The van der Waals surface area contributed by atoms with E-state index in [1.165, 1.54) is 0 Å². The first-order chi connectivity index (χ1) is 9.11. The molecule has 0 saturated carbocycles. The Hall–Kier alpha value is -2.14. The molecule has 1 aromatic carbocycles. The average molecular weight is 258 g/mol. The molecule has 3 N–H and O–H groups in total. The fourth-order valence-corrected chi connectivity index (χ4v) is 2.02. The number of hydrogen-bond acceptors (Lipinski definition) is 3. The number of aromatic nitrogens is 2. The van der Waals surface area contributed by atoms with Gasteiger partial charge in [0.05, 0.1) is 11.6 Å². The van der Waals surface area contributed by atoms with E-state index < -0.39 is 0 Å². The molecule has 0 saturated heterocycles. The normalized spacial score (nSPS) is 12.2. The van der Waals surface area contributed by atoms with Gasteiger partial charge in [-0.1, -0.05) is 30.3 Å². The molecule has 0 bridgehead atoms. The van der Waals surface area contributed by atoms with Gasteiger partial charge in [0.2, 0.25) is 5.91 Å². The minimum Gasteiger partial charge on any atom is -0.329 e. The lowest BCUT2D eigenvalue weighted by atomic mass is 9.98. The van der Waals surface area contributed by atoms with Crippen molar-refractivity contribution in [1.29, 1.82) is 0 Å². The van der Waals surface area contributed by atoms with Crippen LogP contribution in [0.25, 0.3) is 0 Å². The molecule has 0 aliphatic heterocycles. The number of anilines is 1. The lowest BCUT2D eigenvalue weighted by Crippen LogP contribution is -2.28. The monoisotopic (exact) mass is 258 g/mol. The molecule has 5 heteroatoms. The molecule has 1 amide bonds. The second kappa shape index (κ2) is 5.67. The molecule has 0 aliphatic rings. The van der Waals surface area contributed by atoms with Crippen LogP contribution in [0.5, 0.6) is 0 Å². The number of hydrogen-bond donors (Lipinski definition) is 2. The Kier molecular flexibility index (Phi) is 3.97. The molecule has 0 aliphatic carbocycles. The van der Waals surface area contributed by atoms with Crippen LogP contribution >= 0.6 is 0 Å². The Bertz CT molecular complexity index is 562. The van der Waals surface area contributed by atoms with E-state index >= 15 is 0 Å². The van der Waals surface area contributed by atoms with Gasteiger partial charge in [0.15, 0.2) is 0 Å². The van der Waals surface area contributed by atoms with Crippen molar-refractivity contribution < 1.29 is 4.79 Å². The smallest absolute Gasteiger partial charge is 0.234 e. The van der Waals surface area contributed by atoms with Crippen molar-refractivity contribution in [2.24, 2.45) is 12.8 Å². The number of nitrogens with one attached hydrogen (secondary N) is 1. The molecule has 100 valence electrons. The molecule has 0 fully saturated rings. The van der Waals surface area contributed by atoms with Gasteiger partial charge in [0.1, 0.15) is 5.82 Å². The molecule has 1 aromatic heterocycles. The van der Waals surface area contributed by atoms with Crippen molar-refractivity contribution in [2.45, 2.75) is 12.8 Å². The van der Waals surface area contributed by atoms with E-state index in [2.05, 4.69) is 10.4 Å². The molecule has 1 unspecified atom stereocenters. The first-order valence-electron chi connectivity index (χ1n) is 6.18. The highest BCUT2D eigenvalue weighted by atomic mass is 16.2. The average Bonchev–Trinajstić information content (AvgIpc) is 2.70. The van der Waals surface area contributed by atoms with E-state index in [0.717, 1.165) is 11.3 Å². The summed E-state index contributed by atoms with van der Waals surface area (Å²) in [6.45, 7) is 2.15. The molecule has 1 atom stereocenters. The van der Waals surface area contributed by atoms with Gasteiger partial charge in [0.25, 0.3) is 0 Å². The lowest BCUT2D eigenvalue weighted by Gasteiger charge is -2.15. The summed E-state index contributed by atoms with van der Waals surface area (Å²) in [5, 5.41) is 7.05. The van der Waals surface area contributed by atoms with Crippen molar-refractivity contribution >= 4 is 11.7 Å². The number of aryl methyl sites for hydroxylation is 2. The van der Waals surface area contributed by atoms with E-state index in [-0.39, 0.29) is 18.4 Å². The highest BCUT2D eigenvalue weighted by Gasteiger charge is 2.19. The molecule has 2 rings (SSSR count). The van der Waals surface area contributed by atoms with Crippen LogP contribution in [0.4, 0.5) is 5.82 Å². The molecule has 0 radical (unpaired) electrons. The minimum absolute atomic E-state index is 0.114. The Balaban J connectivity index is 2.16. The third-order valence-electron chi connectivity index (χ3n) is 3.01. The van der Waals surface area contributed by atoms with Crippen LogP contribution in [0.2, 0.25) is 0 Å². The Morgan fingerprint density at radius 2 is 2.11 bits per heavy atom. The van der Waals surface area contributed by atoms with Gasteiger partial charge in [-0.05, 0) is 12.5 Å². The largest absolute Gasteiger partial charge is 0.329 e. The minimum atomic E-state index is -0.351. The van der Waals surface area contributed by atoms with Crippen molar-refractivity contribution in [3.05, 3.63) is 47.7 Å². The maximum Gasteiger partial charge on any atom is 0.234 e. The zero-order valence-corrected chi connectivity index (χ0v) is 11.1. The van der Waals surface area contributed by atoms with E-state index in [9.17, 15) is 4.79 Å².